The summed E-state index contributed by atoms with van der Waals surface area (Å²) >= 11 is 0. The molecule has 0 saturated carbocycles. The van der Waals surface area contributed by atoms with Crippen LogP contribution in [0, 0.1) is 0 Å². The number of aromatic nitrogens is 3. The van der Waals surface area contributed by atoms with Crippen LogP contribution in [0.5, 0.6) is 11.5 Å². The molecular formula is C26H20N4O2. The predicted octanol–water partition coefficient (Wildman–Crippen LogP) is 5.91. The van der Waals surface area contributed by atoms with Crippen molar-refractivity contribution >= 4 is 17.2 Å². The molecule has 2 N–H and O–H groups in total. The Morgan fingerprint density at radius 3 is 2.34 bits per heavy atom. The SMILES string of the molecule is C=CC(=O)Nc1ccc(-c2cnn3cc(-c4ccc(Oc5ccccc5)cc4)[nH]c23)cc1. The predicted molar refractivity (Wildman–Crippen MR) is 126 cm³/mol. The highest BCUT2D eigenvalue weighted by Gasteiger charge is 2.11. The lowest BCUT2D eigenvalue weighted by Gasteiger charge is -2.06. The van der Waals surface area contributed by atoms with E-state index in [0.717, 1.165) is 39.5 Å². The van der Waals surface area contributed by atoms with Crippen molar-refractivity contribution in [3.63, 3.8) is 0 Å². The number of carbonyl (C=O) groups excluding carboxylic acids is 1. The van der Waals surface area contributed by atoms with Gasteiger partial charge >= 0.3 is 0 Å². The Morgan fingerprint density at radius 2 is 1.62 bits per heavy atom. The molecule has 6 heteroatoms. The Hall–Kier alpha value is -4.58. The zero-order valence-corrected chi connectivity index (χ0v) is 17.2. The van der Waals surface area contributed by atoms with Crippen molar-refractivity contribution < 1.29 is 9.53 Å². The minimum absolute atomic E-state index is 0.236. The van der Waals surface area contributed by atoms with Gasteiger partial charge in [0.2, 0.25) is 5.91 Å². The second-order valence-corrected chi connectivity index (χ2v) is 7.23. The minimum Gasteiger partial charge on any atom is -0.457 e. The summed E-state index contributed by atoms with van der Waals surface area (Å²) in [5.74, 6) is 1.35. The zero-order chi connectivity index (χ0) is 21.9. The molecule has 156 valence electrons. The lowest BCUT2D eigenvalue weighted by molar-refractivity contribution is -0.111. The average molecular weight is 420 g/mol. The molecule has 0 saturated heterocycles. The van der Waals surface area contributed by atoms with Crippen LogP contribution in [0.3, 0.4) is 0 Å². The number of aromatic amines is 1. The van der Waals surface area contributed by atoms with Crippen LogP contribution in [0.15, 0.2) is 104 Å². The van der Waals surface area contributed by atoms with Crippen molar-refractivity contribution in [2.45, 2.75) is 0 Å². The van der Waals surface area contributed by atoms with Crippen molar-refractivity contribution in [1.82, 2.24) is 14.6 Å². The number of hydrogen-bond donors (Lipinski definition) is 2. The van der Waals surface area contributed by atoms with Crippen LogP contribution in [-0.4, -0.2) is 20.5 Å². The minimum atomic E-state index is -0.236. The van der Waals surface area contributed by atoms with Crippen molar-refractivity contribution in [2.75, 3.05) is 5.32 Å². The first-order chi connectivity index (χ1) is 15.7. The summed E-state index contributed by atoms with van der Waals surface area (Å²) in [5.41, 5.74) is 5.57. The average Bonchev–Trinajstić information content (AvgIpc) is 3.42. The first-order valence-electron chi connectivity index (χ1n) is 10.1. The van der Waals surface area contributed by atoms with E-state index in [0.29, 0.717) is 5.69 Å². The number of ether oxygens (including phenoxy) is 1. The molecule has 0 aliphatic heterocycles. The first kappa shape index (κ1) is 19.4. The number of anilines is 1. The van der Waals surface area contributed by atoms with Crippen LogP contribution in [0.2, 0.25) is 0 Å². The highest BCUT2D eigenvalue weighted by molar-refractivity contribution is 5.99. The van der Waals surface area contributed by atoms with E-state index in [2.05, 4.69) is 22.0 Å². The molecule has 3 aromatic carbocycles. The van der Waals surface area contributed by atoms with E-state index in [9.17, 15) is 4.79 Å². The number of benzene rings is 3. The van der Waals surface area contributed by atoms with Gasteiger partial charge in [-0.25, -0.2) is 4.52 Å². The fraction of sp³-hybridized carbons (Fsp3) is 0. The van der Waals surface area contributed by atoms with E-state index in [1.807, 2.05) is 95.8 Å². The number of H-pyrrole nitrogens is 1. The molecular weight excluding hydrogens is 400 g/mol. The van der Waals surface area contributed by atoms with Gasteiger partial charge < -0.3 is 15.0 Å². The van der Waals surface area contributed by atoms with Crippen LogP contribution in [0.1, 0.15) is 0 Å². The van der Waals surface area contributed by atoms with Gasteiger partial charge in [0, 0.05) is 11.3 Å². The van der Waals surface area contributed by atoms with Crippen molar-refractivity contribution in [3.8, 4) is 33.9 Å². The van der Waals surface area contributed by atoms with Gasteiger partial charge in [0.25, 0.3) is 0 Å². The molecule has 5 rings (SSSR count). The van der Waals surface area contributed by atoms with Gasteiger partial charge in [-0.05, 0) is 65.7 Å². The van der Waals surface area contributed by atoms with Crippen LogP contribution < -0.4 is 10.1 Å². The topological polar surface area (TPSA) is 71.4 Å². The number of fused-ring (bicyclic) bond motifs is 1. The fourth-order valence-corrected chi connectivity index (χ4v) is 3.48. The van der Waals surface area contributed by atoms with Crippen molar-refractivity contribution in [3.05, 3.63) is 104 Å². The Labute approximate surface area is 184 Å². The third kappa shape index (κ3) is 3.89. The monoisotopic (exact) mass is 420 g/mol. The second-order valence-electron chi connectivity index (χ2n) is 7.23. The molecule has 0 bridgehead atoms. The molecule has 1 amide bonds. The Kier molecular flexibility index (Phi) is 5.01. The van der Waals surface area contributed by atoms with Gasteiger partial charge in [0.15, 0.2) is 0 Å². The number of hydrogen-bond acceptors (Lipinski definition) is 3. The summed E-state index contributed by atoms with van der Waals surface area (Å²) < 4.78 is 7.70. The van der Waals surface area contributed by atoms with Gasteiger partial charge in [-0.1, -0.05) is 36.9 Å². The Balaban J connectivity index is 1.38. The summed E-state index contributed by atoms with van der Waals surface area (Å²) in [4.78, 5) is 14.9. The maximum atomic E-state index is 11.5. The Morgan fingerprint density at radius 1 is 0.938 bits per heavy atom. The van der Waals surface area contributed by atoms with Crippen molar-refractivity contribution in [1.29, 1.82) is 0 Å². The highest BCUT2D eigenvalue weighted by Crippen LogP contribution is 2.29. The largest absolute Gasteiger partial charge is 0.457 e. The van der Waals surface area contributed by atoms with Crippen LogP contribution in [0.4, 0.5) is 5.69 Å². The number of para-hydroxylation sites is 1. The smallest absolute Gasteiger partial charge is 0.247 e. The van der Waals surface area contributed by atoms with Gasteiger partial charge in [-0.3, -0.25) is 4.79 Å². The second kappa shape index (κ2) is 8.28. The lowest BCUT2D eigenvalue weighted by atomic mass is 10.1. The van der Waals surface area contributed by atoms with E-state index in [4.69, 9.17) is 4.74 Å². The number of imidazole rings is 1. The number of amides is 1. The maximum Gasteiger partial charge on any atom is 0.247 e. The summed E-state index contributed by atoms with van der Waals surface area (Å²) in [7, 11) is 0. The molecule has 5 aromatic rings. The quantitative estimate of drug-likeness (QED) is 0.335. The number of nitrogens with zero attached hydrogens (tertiary/aromatic N) is 2. The van der Waals surface area contributed by atoms with E-state index < -0.39 is 0 Å². The third-order valence-corrected chi connectivity index (χ3v) is 5.09. The molecule has 32 heavy (non-hydrogen) atoms. The summed E-state index contributed by atoms with van der Waals surface area (Å²) in [6, 6.07) is 25.2. The van der Waals surface area contributed by atoms with Gasteiger partial charge in [-0.15, -0.1) is 0 Å². The number of rotatable bonds is 6. The van der Waals surface area contributed by atoms with Crippen LogP contribution in [-0.2, 0) is 4.79 Å². The number of carbonyl (C=O) groups is 1. The third-order valence-electron chi connectivity index (χ3n) is 5.09. The molecule has 0 fully saturated rings. The summed E-state index contributed by atoms with van der Waals surface area (Å²) in [6.07, 6.45) is 5.03. The van der Waals surface area contributed by atoms with Gasteiger partial charge in [-0.2, -0.15) is 5.10 Å². The Bertz CT molecular complexity index is 1380. The molecule has 0 unspecified atom stereocenters. The summed E-state index contributed by atoms with van der Waals surface area (Å²) in [5, 5.41) is 7.23. The van der Waals surface area contributed by atoms with Gasteiger partial charge in [0.1, 0.15) is 17.1 Å². The van der Waals surface area contributed by atoms with E-state index >= 15 is 0 Å². The molecule has 0 aliphatic rings. The molecule has 2 heterocycles. The molecule has 6 nitrogen and oxygen atoms in total. The van der Waals surface area contributed by atoms with Crippen LogP contribution >= 0.6 is 0 Å². The maximum absolute atomic E-state index is 11.5. The molecule has 2 aromatic heterocycles. The number of nitrogens with one attached hydrogen (secondary N) is 2. The van der Waals surface area contributed by atoms with Crippen LogP contribution in [0.25, 0.3) is 28.0 Å². The molecule has 0 radical (unpaired) electrons. The van der Waals surface area contributed by atoms with E-state index in [1.54, 1.807) is 0 Å². The van der Waals surface area contributed by atoms with E-state index in [-0.39, 0.29) is 5.91 Å². The summed E-state index contributed by atoms with van der Waals surface area (Å²) in [6.45, 7) is 3.47. The molecule has 0 aliphatic carbocycles. The first-order valence-corrected chi connectivity index (χ1v) is 10.1. The molecule has 0 atom stereocenters. The molecule has 0 spiro atoms. The normalized spacial score (nSPS) is 10.8. The van der Waals surface area contributed by atoms with Crippen molar-refractivity contribution in [2.24, 2.45) is 0 Å². The van der Waals surface area contributed by atoms with Gasteiger partial charge in [0.05, 0.1) is 18.1 Å². The lowest BCUT2D eigenvalue weighted by Crippen LogP contribution is -2.06. The standard InChI is InChI=1S/C26H20N4O2/c1-2-25(31)28-20-12-8-18(9-13-20)23-16-27-30-17-24(29-26(23)30)19-10-14-22(15-11-19)32-21-6-4-3-5-7-21/h2-17,29H,1H2,(H,28,31). The van der Waals surface area contributed by atoms with E-state index in [1.165, 1.54) is 6.08 Å². The zero-order valence-electron chi connectivity index (χ0n) is 17.2. The fourth-order valence-electron chi connectivity index (χ4n) is 3.48. The highest BCUT2D eigenvalue weighted by atomic mass is 16.5.